The highest BCUT2D eigenvalue weighted by Gasteiger charge is 2.25. The van der Waals surface area contributed by atoms with Crippen LogP contribution in [0.4, 0.5) is 11.9 Å². The molecule has 2 aromatic heterocycles. The van der Waals surface area contributed by atoms with E-state index in [0.717, 1.165) is 43.2 Å². The Kier molecular flexibility index (Phi) is 6.00. The Bertz CT molecular complexity index is 601. The number of hydrogen-bond donors (Lipinski definition) is 2. The minimum absolute atomic E-state index is 0. The largest absolute Gasteiger partial charge is 0.368 e. The van der Waals surface area contributed by atoms with Gasteiger partial charge in [-0.05, 0) is 13.3 Å². The zero-order valence-corrected chi connectivity index (χ0v) is 13.7. The van der Waals surface area contributed by atoms with E-state index in [1.165, 1.54) is 0 Å². The second-order valence-corrected chi connectivity index (χ2v) is 4.90. The summed E-state index contributed by atoms with van der Waals surface area (Å²) in [5, 5.41) is 7.78. The Morgan fingerprint density at radius 1 is 1.38 bits per heavy atom. The smallest absolute Gasteiger partial charge is 0.232 e. The Morgan fingerprint density at radius 2 is 2.14 bits per heavy atom. The van der Waals surface area contributed by atoms with Crippen molar-refractivity contribution in [3.05, 3.63) is 11.8 Å². The van der Waals surface area contributed by atoms with Crippen LogP contribution in [0.1, 0.15) is 18.9 Å². The number of fused-ring (bicyclic) bond motifs is 1. The summed E-state index contributed by atoms with van der Waals surface area (Å²) in [4.78, 5) is 10.9. The van der Waals surface area contributed by atoms with Gasteiger partial charge < -0.3 is 16.0 Å². The molecule has 2 aromatic rings. The maximum atomic E-state index is 5.84. The molecule has 0 aromatic carbocycles. The first-order valence-electron chi connectivity index (χ1n) is 6.66. The standard InChI is InChI=1S/C12H19N7.2ClH/c1-3-9-7-14-4-5-18(9)12-17-11(13)16-10-8(2)6-15-19(10)12;;/h6,9,14H,3-5,7H2,1-2H3,(H2,13,16);2*1H/t9-;;/m0../s1. The van der Waals surface area contributed by atoms with Crippen LogP contribution >= 0.6 is 24.8 Å². The number of aryl methyl sites for hydroxylation is 1. The predicted molar refractivity (Wildman–Crippen MR) is 88.7 cm³/mol. The normalized spacial score (nSPS) is 18.2. The number of nitrogen functional groups attached to an aromatic ring is 1. The van der Waals surface area contributed by atoms with E-state index in [-0.39, 0.29) is 24.8 Å². The van der Waals surface area contributed by atoms with E-state index in [1.54, 1.807) is 10.7 Å². The summed E-state index contributed by atoms with van der Waals surface area (Å²) in [6, 6.07) is 0.413. The molecule has 21 heavy (non-hydrogen) atoms. The molecule has 3 N–H and O–H groups in total. The minimum atomic E-state index is 0. The van der Waals surface area contributed by atoms with Crippen molar-refractivity contribution in [1.82, 2.24) is 24.9 Å². The third kappa shape index (κ3) is 3.14. The summed E-state index contributed by atoms with van der Waals surface area (Å²) < 4.78 is 1.79. The molecule has 1 atom stereocenters. The lowest BCUT2D eigenvalue weighted by Crippen LogP contribution is -2.52. The summed E-state index contributed by atoms with van der Waals surface area (Å²) >= 11 is 0. The van der Waals surface area contributed by atoms with Crippen molar-refractivity contribution in [3.8, 4) is 0 Å². The summed E-state index contributed by atoms with van der Waals surface area (Å²) in [5.41, 5.74) is 7.64. The molecule has 0 aliphatic carbocycles. The number of rotatable bonds is 2. The third-order valence-corrected chi connectivity index (χ3v) is 3.62. The van der Waals surface area contributed by atoms with Gasteiger partial charge in [0.15, 0.2) is 5.65 Å². The van der Waals surface area contributed by atoms with Crippen molar-refractivity contribution in [2.24, 2.45) is 0 Å². The van der Waals surface area contributed by atoms with Crippen LogP contribution in [0.2, 0.25) is 0 Å². The maximum absolute atomic E-state index is 5.84. The molecule has 0 saturated carbocycles. The third-order valence-electron chi connectivity index (χ3n) is 3.62. The van der Waals surface area contributed by atoms with Gasteiger partial charge in [-0.2, -0.15) is 19.6 Å². The highest BCUT2D eigenvalue weighted by molar-refractivity contribution is 5.85. The summed E-state index contributed by atoms with van der Waals surface area (Å²) in [7, 11) is 0. The summed E-state index contributed by atoms with van der Waals surface area (Å²) in [6.07, 6.45) is 2.86. The zero-order valence-electron chi connectivity index (χ0n) is 12.1. The van der Waals surface area contributed by atoms with Crippen molar-refractivity contribution < 1.29 is 0 Å². The molecule has 1 saturated heterocycles. The second kappa shape index (κ2) is 7.11. The van der Waals surface area contributed by atoms with E-state index in [1.807, 2.05) is 6.92 Å². The van der Waals surface area contributed by atoms with Crippen molar-refractivity contribution in [2.75, 3.05) is 30.3 Å². The number of piperazine rings is 1. The molecular weight excluding hydrogens is 313 g/mol. The van der Waals surface area contributed by atoms with Crippen molar-refractivity contribution >= 4 is 42.4 Å². The molecule has 1 fully saturated rings. The topological polar surface area (TPSA) is 84.4 Å². The van der Waals surface area contributed by atoms with Crippen LogP contribution in [-0.2, 0) is 0 Å². The number of anilines is 2. The molecule has 0 amide bonds. The lowest BCUT2D eigenvalue weighted by atomic mass is 10.1. The number of aromatic nitrogens is 4. The molecule has 0 bridgehead atoms. The van der Waals surface area contributed by atoms with E-state index < -0.39 is 0 Å². The van der Waals surface area contributed by atoms with E-state index in [0.29, 0.717) is 12.0 Å². The second-order valence-electron chi connectivity index (χ2n) is 4.90. The Morgan fingerprint density at radius 3 is 2.86 bits per heavy atom. The number of hydrogen-bond acceptors (Lipinski definition) is 6. The van der Waals surface area contributed by atoms with Gasteiger partial charge in [-0.3, -0.25) is 0 Å². The summed E-state index contributed by atoms with van der Waals surface area (Å²) in [5.74, 6) is 1.10. The van der Waals surface area contributed by atoms with E-state index in [4.69, 9.17) is 5.73 Å². The highest BCUT2D eigenvalue weighted by atomic mass is 35.5. The molecule has 7 nitrogen and oxygen atoms in total. The van der Waals surface area contributed by atoms with Crippen molar-refractivity contribution in [3.63, 3.8) is 0 Å². The van der Waals surface area contributed by atoms with Gasteiger partial charge in [-0.1, -0.05) is 6.92 Å². The van der Waals surface area contributed by atoms with E-state index in [9.17, 15) is 0 Å². The van der Waals surface area contributed by atoms with Gasteiger partial charge in [0.25, 0.3) is 0 Å². The average Bonchev–Trinajstić information content (AvgIpc) is 2.79. The van der Waals surface area contributed by atoms with Gasteiger partial charge >= 0.3 is 0 Å². The Hall–Kier alpha value is -1.31. The molecule has 3 heterocycles. The molecule has 0 unspecified atom stereocenters. The van der Waals surface area contributed by atoms with Crippen LogP contribution in [0.3, 0.4) is 0 Å². The van der Waals surface area contributed by atoms with Crippen molar-refractivity contribution in [1.29, 1.82) is 0 Å². The Labute approximate surface area is 136 Å². The van der Waals surface area contributed by atoms with Gasteiger partial charge in [0.05, 0.1) is 6.20 Å². The molecule has 0 radical (unpaired) electrons. The lowest BCUT2D eigenvalue weighted by Gasteiger charge is -2.36. The fourth-order valence-electron chi connectivity index (χ4n) is 2.56. The fraction of sp³-hybridized carbons (Fsp3) is 0.583. The Balaban J connectivity index is 0.00000110. The van der Waals surface area contributed by atoms with E-state index >= 15 is 0 Å². The first-order valence-corrected chi connectivity index (χ1v) is 6.66. The van der Waals surface area contributed by atoms with E-state index in [2.05, 4.69) is 32.2 Å². The average molecular weight is 334 g/mol. The number of halogens is 2. The molecule has 1 aliphatic heterocycles. The quantitative estimate of drug-likeness (QED) is 0.854. The van der Waals surface area contributed by atoms with Gasteiger partial charge in [-0.15, -0.1) is 24.8 Å². The molecule has 9 heteroatoms. The molecular formula is C12H21Cl2N7. The molecule has 1 aliphatic rings. The molecule has 118 valence electrons. The summed E-state index contributed by atoms with van der Waals surface area (Å²) in [6.45, 7) is 6.97. The number of nitrogens with zero attached hydrogens (tertiary/aromatic N) is 5. The van der Waals surface area contributed by atoms with Crippen molar-refractivity contribution in [2.45, 2.75) is 26.3 Å². The predicted octanol–water partition coefficient (Wildman–Crippen LogP) is 1.05. The molecule has 3 rings (SSSR count). The molecule has 0 spiro atoms. The maximum Gasteiger partial charge on any atom is 0.232 e. The van der Waals surface area contributed by atoms with Gasteiger partial charge in [0.1, 0.15) is 0 Å². The first kappa shape index (κ1) is 17.7. The minimum Gasteiger partial charge on any atom is -0.368 e. The van der Waals surface area contributed by atoms with Crippen LogP contribution in [0.15, 0.2) is 6.20 Å². The van der Waals surface area contributed by atoms with Gasteiger partial charge in [-0.25, -0.2) is 0 Å². The van der Waals surface area contributed by atoms with Crippen LogP contribution in [0, 0.1) is 6.92 Å². The van der Waals surface area contributed by atoms with Crippen LogP contribution in [0.5, 0.6) is 0 Å². The number of nitrogens with one attached hydrogen (secondary N) is 1. The highest BCUT2D eigenvalue weighted by Crippen LogP contribution is 2.20. The monoisotopic (exact) mass is 333 g/mol. The van der Waals surface area contributed by atoms with Crippen LogP contribution in [-0.4, -0.2) is 45.3 Å². The number of nitrogens with two attached hydrogens (primary N) is 1. The SMILES string of the molecule is CC[C@H]1CNCCN1c1nc(N)nc2c(C)cnn12.Cl.Cl. The van der Waals surface area contributed by atoms with Crippen LogP contribution < -0.4 is 16.0 Å². The lowest BCUT2D eigenvalue weighted by molar-refractivity contribution is 0.456. The van der Waals surface area contributed by atoms with Gasteiger partial charge in [0.2, 0.25) is 11.9 Å². The van der Waals surface area contributed by atoms with Gasteiger partial charge in [0, 0.05) is 31.2 Å². The zero-order chi connectivity index (χ0) is 13.4. The van der Waals surface area contributed by atoms with Crippen LogP contribution in [0.25, 0.3) is 5.65 Å². The first-order chi connectivity index (χ1) is 9.20. The fourth-order valence-corrected chi connectivity index (χ4v) is 2.56.